The highest BCUT2D eigenvalue weighted by atomic mass is 16.2. The summed E-state index contributed by atoms with van der Waals surface area (Å²) in [6.07, 6.45) is 1.49. The maximum Gasteiger partial charge on any atom is 0.251 e. The molecule has 1 aromatic rings. The van der Waals surface area contributed by atoms with Crippen molar-refractivity contribution in [3.05, 3.63) is 28.7 Å². The molecular formula is C12H19N3O2. The Morgan fingerprint density at radius 2 is 2.12 bits per heavy atom. The first kappa shape index (κ1) is 13.3. The molecule has 0 unspecified atom stereocenters. The van der Waals surface area contributed by atoms with Gasteiger partial charge in [0.05, 0.1) is 0 Å². The van der Waals surface area contributed by atoms with Crippen LogP contribution in [0.5, 0.6) is 0 Å². The van der Waals surface area contributed by atoms with E-state index in [0.29, 0.717) is 18.2 Å². The van der Waals surface area contributed by atoms with Gasteiger partial charge in [-0.1, -0.05) is 13.8 Å². The van der Waals surface area contributed by atoms with E-state index in [-0.39, 0.29) is 18.0 Å². The molecule has 94 valence electrons. The van der Waals surface area contributed by atoms with Gasteiger partial charge in [-0.2, -0.15) is 0 Å². The molecular weight excluding hydrogens is 218 g/mol. The van der Waals surface area contributed by atoms with E-state index in [0.717, 1.165) is 0 Å². The van der Waals surface area contributed by atoms with Crippen LogP contribution in [0.1, 0.15) is 13.8 Å². The normalized spacial score (nSPS) is 10.6. The van der Waals surface area contributed by atoms with E-state index in [4.69, 9.17) is 5.73 Å². The summed E-state index contributed by atoms with van der Waals surface area (Å²) in [6, 6.07) is 2.90. The quantitative estimate of drug-likeness (QED) is 0.831. The molecule has 0 aromatic carbocycles. The molecule has 1 amide bonds. The van der Waals surface area contributed by atoms with Crippen molar-refractivity contribution < 1.29 is 4.79 Å². The molecule has 17 heavy (non-hydrogen) atoms. The Bertz CT molecular complexity index is 451. The Balaban J connectivity index is 2.74. The Labute approximate surface area is 101 Å². The van der Waals surface area contributed by atoms with Crippen LogP contribution < -0.4 is 11.3 Å². The van der Waals surface area contributed by atoms with Gasteiger partial charge in [0.2, 0.25) is 5.91 Å². The topological polar surface area (TPSA) is 68.3 Å². The summed E-state index contributed by atoms with van der Waals surface area (Å²) >= 11 is 0. The smallest absolute Gasteiger partial charge is 0.251 e. The lowest BCUT2D eigenvalue weighted by atomic mass is 10.2. The molecule has 0 fully saturated rings. The summed E-state index contributed by atoms with van der Waals surface area (Å²) in [5.74, 6) is 0.313. The molecule has 1 heterocycles. The van der Waals surface area contributed by atoms with Crippen molar-refractivity contribution in [1.29, 1.82) is 0 Å². The number of anilines is 1. The van der Waals surface area contributed by atoms with Gasteiger partial charge in [0.1, 0.15) is 6.54 Å². The average molecular weight is 237 g/mol. The molecule has 0 spiro atoms. The Morgan fingerprint density at radius 3 is 2.71 bits per heavy atom. The van der Waals surface area contributed by atoms with Gasteiger partial charge in [-0.15, -0.1) is 0 Å². The molecule has 0 aliphatic rings. The number of nitrogen functional groups attached to an aromatic ring is 1. The fraction of sp³-hybridized carbons (Fsp3) is 0.500. The number of pyridine rings is 1. The summed E-state index contributed by atoms with van der Waals surface area (Å²) in [4.78, 5) is 25.0. The SMILES string of the molecule is CC(C)CN(C)C(=O)Cn1cc(N)ccc1=O. The number of hydrogen-bond acceptors (Lipinski definition) is 3. The number of nitrogens with two attached hydrogens (primary N) is 1. The predicted octanol–water partition coefficient (Wildman–Crippen LogP) is 0.545. The number of carbonyl (C=O) groups is 1. The van der Waals surface area contributed by atoms with Crippen molar-refractivity contribution in [3.63, 3.8) is 0 Å². The number of hydrogen-bond donors (Lipinski definition) is 1. The lowest BCUT2D eigenvalue weighted by molar-refractivity contribution is -0.131. The first-order valence-electron chi connectivity index (χ1n) is 5.60. The van der Waals surface area contributed by atoms with Crippen LogP contribution in [0.15, 0.2) is 23.1 Å². The fourth-order valence-electron chi connectivity index (χ4n) is 1.59. The largest absolute Gasteiger partial charge is 0.398 e. The van der Waals surface area contributed by atoms with Gasteiger partial charge >= 0.3 is 0 Å². The molecule has 2 N–H and O–H groups in total. The molecule has 0 saturated heterocycles. The average Bonchev–Trinajstić information content (AvgIpc) is 2.22. The molecule has 0 radical (unpaired) electrons. The van der Waals surface area contributed by atoms with Crippen LogP contribution in [0.25, 0.3) is 0 Å². The summed E-state index contributed by atoms with van der Waals surface area (Å²) < 4.78 is 1.33. The third kappa shape index (κ3) is 3.94. The third-order valence-corrected chi connectivity index (χ3v) is 2.38. The van der Waals surface area contributed by atoms with Crippen molar-refractivity contribution >= 4 is 11.6 Å². The van der Waals surface area contributed by atoms with E-state index >= 15 is 0 Å². The van der Waals surface area contributed by atoms with Crippen LogP contribution in [0.3, 0.4) is 0 Å². The maximum atomic E-state index is 11.8. The maximum absolute atomic E-state index is 11.8. The van der Waals surface area contributed by atoms with Crippen LogP contribution in [-0.4, -0.2) is 29.0 Å². The third-order valence-electron chi connectivity index (χ3n) is 2.38. The van der Waals surface area contributed by atoms with E-state index in [1.54, 1.807) is 11.9 Å². The van der Waals surface area contributed by atoms with Gasteiger partial charge in [0.15, 0.2) is 0 Å². The number of nitrogens with zero attached hydrogens (tertiary/aromatic N) is 2. The standard InChI is InChI=1S/C12H19N3O2/c1-9(2)6-14(3)12(17)8-15-7-10(13)4-5-11(15)16/h4-5,7,9H,6,8,13H2,1-3H3. The number of aromatic nitrogens is 1. The van der Waals surface area contributed by atoms with Crippen LogP contribution in [0.4, 0.5) is 5.69 Å². The summed E-state index contributed by atoms with van der Waals surface area (Å²) in [5, 5.41) is 0. The first-order chi connectivity index (χ1) is 7.90. The summed E-state index contributed by atoms with van der Waals surface area (Å²) in [7, 11) is 1.74. The minimum Gasteiger partial charge on any atom is -0.398 e. The van der Waals surface area contributed by atoms with Crippen LogP contribution in [0, 0.1) is 5.92 Å². The van der Waals surface area contributed by atoms with Crippen LogP contribution in [-0.2, 0) is 11.3 Å². The number of carbonyl (C=O) groups excluding carboxylic acids is 1. The molecule has 0 bridgehead atoms. The van der Waals surface area contributed by atoms with E-state index in [2.05, 4.69) is 0 Å². The van der Waals surface area contributed by atoms with Gasteiger partial charge in [-0.3, -0.25) is 9.59 Å². The Hall–Kier alpha value is -1.78. The first-order valence-corrected chi connectivity index (χ1v) is 5.60. The van der Waals surface area contributed by atoms with Gasteiger partial charge in [0, 0.05) is 31.5 Å². The monoisotopic (exact) mass is 237 g/mol. The number of likely N-dealkylation sites (N-methyl/N-ethyl adjacent to an activating group) is 1. The lowest BCUT2D eigenvalue weighted by Crippen LogP contribution is -2.35. The minimum absolute atomic E-state index is 0.0348. The second-order valence-corrected chi connectivity index (χ2v) is 4.60. The highest BCUT2D eigenvalue weighted by Crippen LogP contribution is 1.99. The minimum atomic E-state index is -0.217. The molecule has 0 aliphatic carbocycles. The number of rotatable bonds is 4. The van der Waals surface area contributed by atoms with Gasteiger partial charge in [-0.25, -0.2) is 0 Å². The second kappa shape index (κ2) is 5.52. The molecule has 0 atom stereocenters. The van der Waals surface area contributed by atoms with E-state index in [1.165, 1.54) is 22.9 Å². The second-order valence-electron chi connectivity index (χ2n) is 4.60. The fourth-order valence-corrected chi connectivity index (χ4v) is 1.59. The summed E-state index contributed by atoms with van der Waals surface area (Å²) in [5.41, 5.74) is 5.83. The highest BCUT2D eigenvalue weighted by molar-refractivity contribution is 5.75. The zero-order valence-electron chi connectivity index (χ0n) is 10.5. The van der Waals surface area contributed by atoms with E-state index in [1.807, 2.05) is 13.8 Å². The lowest BCUT2D eigenvalue weighted by Gasteiger charge is -2.19. The van der Waals surface area contributed by atoms with Crippen LogP contribution >= 0.6 is 0 Å². The number of amides is 1. The molecule has 1 rings (SSSR count). The van der Waals surface area contributed by atoms with Crippen LogP contribution in [0.2, 0.25) is 0 Å². The van der Waals surface area contributed by atoms with Gasteiger partial charge in [0.25, 0.3) is 5.56 Å². The molecule has 0 saturated carbocycles. The molecule has 1 aromatic heterocycles. The van der Waals surface area contributed by atoms with Crippen molar-refractivity contribution in [2.45, 2.75) is 20.4 Å². The van der Waals surface area contributed by atoms with E-state index < -0.39 is 0 Å². The predicted molar refractivity (Wildman–Crippen MR) is 67.6 cm³/mol. The highest BCUT2D eigenvalue weighted by Gasteiger charge is 2.11. The van der Waals surface area contributed by atoms with Crippen molar-refractivity contribution in [2.75, 3.05) is 19.3 Å². The summed E-state index contributed by atoms with van der Waals surface area (Å²) in [6.45, 7) is 4.79. The van der Waals surface area contributed by atoms with E-state index in [9.17, 15) is 9.59 Å². The van der Waals surface area contributed by atoms with Crippen molar-refractivity contribution in [2.24, 2.45) is 5.92 Å². The Kier molecular flexibility index (Phi) is 4.31. The molecule has 5 nitrogen and oxygen atoms in total. The van der Waals surface area contributed by atoms with Crippen molar-refractivity contribution in [3.8, 4) is 0 Å². The molecule has 0 aliphatic heterocycles. The zero-order chi connectivity index (χ0) is 13.0. The van der Waals surface area contributed by atoms with Gasteiger partial charge < -0.3 is 15.2 Å². The zero-order valence-corrected chi connectivity index (χ0v) is 10.5. The van der Waals surface area contributed by atoms with Crippen molar-refractivity contribution in [1.82, 2.24) is 9.47 Å². The molecule has 5 heteroatoms. The van der Waals surface area contributed by atoms with Gasteiger partial charge in [-0.05, 0) is 12.0 Å². The Morgan fingerprint density at radius 1 is 1.47 bits per heavy atom.